The summed E-state index contributed by atoms with van der Waals surface area (Å²) in [5.41, 5.74) is 6.57. The highest BCUT2D eigenvalue weighted by molar-refractivity contribution is 7.90. The van der Waals surface area contributed by atoms with E-state index in [2.05, 4.69) is 35.4 Å². The van der Waals surface area contributed by atoms with Crippen LogP contribution in [0.25, 0.3) is 11.3 Å². The Bertz CT molecular complexity index is 1540. The lowest BCUT2D eigenvalue weighted by molar-refractivity contribution is 0.0981. The number of pyridine rings is 2. The summed E-state index contributed by atoms with van der Waals surface area (Å²) in [6.07, 6.45) is 2.68. The molecule has 11 heteroatoms. The van der Waals surface area contributed by atoms with Gasteiger partial charge in [-0.05, 0) is 67.0 Å². The van der Waals surface area contributed by atoms with E-state index in [0.29, 0.717) is 36.0 Å². The first-order chi connectivity index (χ1) is 19.3. The van der Waals surface area contributed by atoms with Crippen LogP contribution in [0.2, 0.25) is 0 Å². The van der Waals surface area contributed by atoms with E-state index in [9.17, 15) is 17.6 Å². The van der Waals surface area contributed by atoms with E-state index in [1.54, 1.807) is 12.1 Å². The van der Waals surface area contributed by atoms with Gasteiger partial charge in [-0.25, -0.2) is 19.1 Å². The van der Waals surface area contributed by atoms with Crippen molar-refractivity contribution in [2.24, 2.45) is 11.3 Å². The molecule has 1 amide bonds. The van der Waals surface area contributed by atoms with Crippen molar-refractivity contribution in [1.29, 1.82) is 0 Å². The van der Waals surface area contributed by atoms with E-state index in [1.807, 2.05) is 13.8 Å². The van der Waals surface area contributed by atoms with Crippen molar-refractivity contribution in [2.75, 3.05) is 23.8 Å². The van der Waals surface area contributed by atoms with E-state index in [0.717, 1.165) is 19.3 Å². The zero-order chi connectivity index (χ0) is 29.9. The molecule has 0 radical (unpaired) electrons. The maximum absolute atomic E-state index is 14.6. The quantitative estimate of drug-likeness (QED) is 0.299. The first-order valence-corrected chi connectivity index (χ1v) is 15.3. The van der Waals surface area contributed by atoms with Gasteiger partial charge in [-0.1, -0.05) is 40.7 Å². The molecule has 1 fully saturated rings. The van der Waals surface area contributed by atoms with Crippen LogP contribution in [0.15, 0.2) is 53.6 Å². The summed E-state index contributed by atoms with van der Waals surface area (Å²) in [6.45, 7) is 11.5. The lowest BCUT2D eigenvalue weighted by Gasteiger charge is -2.38. The first kappa shape index (κ1) is 30.2. The molecule has 1 saturated heterocycles. The monoisotopic (exact) mass is 587 g/mol. The number of sulfonamides is 1. The number of anilines is 2. The Morgan fingerprint density at radius 3 is 2.66 bits per heavy atom. The molecule has 41 heavy (non-hydrogen) atoms. The van der Waals surface area contributed by atoms with E-state index < -0.39 is 21.7 Å². The predicted octanol–water partition coefficient (Wildman–Crippen LogP) is 5.92. The summed E-state index contributed by atoms with van der Waals surface area (Å²) >= 11 is 0. The van der Waals surface area contributed by atoms with Crippen molar-refractivity contribution in [2.45, 2.75) is 64.9 Å². The average molecular weight is 588 g/mol. The molecule has 3 heterocycles. The molecule has 1 aliphatic rings. The summed E-state index contributed by atoms with van der Waals surface area (Å²) < 4.78 is 48.5. The Morgan fingerprint density at radius 2 is 1.98 bits per heavy atom. The van der Waals surface area contributed by atoms with Crippen LogP contribution in [-0.2, 0) is 10.0 Å². The van der Waals surface area contributed by atoms with Crippen LogP contribution in [0.1, 0.15) is 67.1 Å². The Kier molecular flexibility index (Phi) is 8.86. The largest absolute Gasteiger partial charge is 0.493 e. The number of nitrogens with two attached hydrogens (primary N) is 1. The normalized spacial score (nSPS) is 15.8. The summed E-state index contributed by atoms with van der Waals surface area (Å²) in [4.78, 5) is 24.3. The fraction of sp³-hybridized carbons (Fsp3) is 0.433. The third kappa shape index (κ3) is 6.95. The molecular formula is C30H42FN5O4S. The van der Waals surface area contributed by atoms with E-state index in [1.165, 1.54) is 36.4 Å². The van der Waals surface area contributed by atoms with Gasteiger partial charge in [-0.3, -0.25) is 4.79 Å². The number of nitrogens with one attached hydrogen (secondary N) is 1. The molecule has 4 rings (SSSR count). The van der Waals surface area contributed by atoms with Gasteiger partial charge in [-0.2, -0.15) is 8.42 Å². The molecule has 0 aliphatic carbocycles. The maximum atomic E-state index is 14.6. The molecule has 3 aromatic rings. The van der Waals surface area contributed by atoms with Crippen LogP contribution < -0.4 is 20.1 Å². The average Bonchev–Trinajstić information content (AvgIpc) is 3.42. The number of aromatic nitrogens is 2. The Hall–Kier alpha value is -3.73. The minimum Gasteiger partial charge on any atom is -0.493 e. The molecule has 0 saturated carbocycles. The number of nitrogens with zero attached hydrogens (tertiary/aromatic N) is 3. The highest BCUT2D eigenvalue weighted by Crippen LogP contribution is 2.40. The van der Waals surface area contributed by atoms with Crippen LogP contribution in [0.4, 0.5) is 16.0 Å². The molecule has 1 aromatic carbocycles. The van der Waals surface area contributed by atoms with Gasteiger partial charge < -0.3 is 15.4 Å². The van der Waals surface area contributed by atoms with Crippen LogP contribution in [0.5, 0.6) is 5.75 Å². The van der Waals surface area contributed by atoms with Gasteiger partial charge in [0.25, 0.3) is 15.9 Å². The topological polar surface area (TPSA) is 128 Å². The minimum absolute atomic E-state index is 0. The fourth-order valence-corrected chi connectivity index (χ4v) is 5.88. The summed E-state index contributed by atoms with van der Waals surface area (Å²) in [6, 6.07) is 11.7. The highest BCUT2D eigenvalue weighted by atomic mass is 32.2. The molecule has 2 aromatic heterocycles. The number of hydrogen-bond donors (Lipinski definition) is 2. The first-order valence-electron chi connectivity index (χ1n) is 13.8. The van der Waals surface area contributed by atoms with Gasteiger partial charge in [0.1, 0.15) is 23.2 Å². The molecule has 9 nitrogen and oxygen atoms in total. The molecule has 1 unspecified atom stereocenters. The smallest absolute Gasteiger partial charge is 0.281 e. The zero-order valence-electron chi connectivity index (χ0n) is 24.1. The molecule has 0 bridgehead atoms. The number of halogens is 1. The van der Waals surface area contributed by atoms with Crippen molar-refractivity contribution in [3.63, 3.8) is 0 Å². The number of carbonyl (C=O) groups is 1. The summed E-state index contributed by atoms with van der Waals surface area (Å²) in [5, 5.41) is -0.364. The van der Waals surface area contributed by atoms with Gasteiger partial charge in [0.05, 0.1) is 17.9 Å². The van der Waals surface area contributed by atoms with Gasteiger partial charge in [0, 0.05) is 27.1 Å². The van der Waals surface area contributed by atoms with E-state index in [4.69, 9.17) is 15.5 Å². The number of hydrogen-bond acceptors (Lipinski definition) is 8. The van der Waals surface area contributed by atoms with Crippen LogP contribution in [0, 0.1) is 17.2 Å². The minimum atomic E-state index is -4.31. The maximum Gasteiger partial charge on any atom is 0.281 e. The molecule has 0 spiro atoms. The number of benzene rings is 1. The third-order valence-corrected chi connectivity index (χ3v) is 8.69. The lowest BCUT2D eigenvalue weighted by Crippen LogP contribution is -2.42. The number of carbonyl (C=O) groups excluding carboxylic acids is 1. The van der Waals surface area contributed by atoms with Crippen molar-refractivity contribution >= 4 is 27.6 Å². The fourth-order valence-electron chi connectivity index (χ4n) is 4.94. The Labute approximate surface area is 244 Å². The second kappa shape index (κ2) is 12.0. The molecular weight excluding hydrogens is 545 g/mol. The van der Waals surface area contributed by atoms with Crippen molar-refractivity contribution in [3.8, 4) is 17.0 Å². The Balaban J connectivity index is 0.00000323. The lowest BCUT2D eigenvalue weighted by atomic mass is 9.80. The van der Waals surface area contributed by atoms with Crippen LogP contribution in [0.3, 0.4) is 0 Å². The summed E-state index contributed by atoms with van der Waals surface area (Å²) in [7, 11) is -4.31. The molecule has 224 valence electrons. The molecule has 1 aliphatic heterocycles. The highest BCUT2D eigenvalue weighted by Gasteiger charge is 2.39. The second-order valence-electron chi connectivity index (χ2n) is 11.5. The van der Waals surface area contributed by atoms with Crippen LogP contribution in [-0.4, -0.2) is 43.5 Å². The van der Waals surface area contributed by atoms with Gasteiger partial charge in [0.2, 0.25) is 0 Å². The number of nitrogen functional groups attached to an aromatic ring is 1. The van der Waals surface area contributed by atoms with E-state index >= 15 is 0 Å². The molecule has 3 N–H and O–H groups in total. The number of amides is 1. The number of rotatable bonds is 10. The zero-order valence-corrected chi connectivity index (χ0v) is 25.0. The standard InChI is InChI=1S/C30H38FN5O4S.2H2/c1-6-30(4,5)25-9-8-14-36(25)28-23(29(37)35-41(38,39)27-11-7-10-26(32)34-27)12-13-24(33-28)20-15-21(31)17-22(16-20)40-18-19(2)3;;/h7,10-13,15-17,19,25H,6,8-9,14,18H2,1-5H3,(H2,32,34)(H,35,37);2*1H. The number of ether oxygens (including phenoxy) is 1. The Morgan fingerprint density at radius 1 is 1.22 bits per heavy atom. The van der Waals surface area contributed by atoms with E-state index in [-0.39, 0.29) is 36.6 Å². The second-order valence-corrected chi connectivity index (χ2v) is 13.1. The third-order valence-electron chi connectivity index (χ3n) is 7.46. The van der Waals surface area contributed by atoms with Gasteiger partial charge in [0.15, 0.2) is 5.03 Å². The van der Waals surface area contributed by atoms with Crippen molar-refractivity contribution in [3.05, 3.63) is 59.9 Å². The molecule has 1 atom stereocenters. The summed E-state index contributed by atoms with van der Waals surface area (Å²) in [5.74, 6) is -0.321. The van der Waals surface area contributed by atoms with Crippen molar-refractivity contribution in [1.82, 2.24) is 14.7 Å². The van der Waals surface area contributed by atoms with Gasteiger partial charge >= 0.3 is 0 Å². The van der Waals surface area contributed by atoms with Crippen LogP contribution >= 0.6 is 0 Å². The SMILES string of the molecule is CCC(C)(C)C1CCCN1c1nc(-c2cc(F)cc(OCC(C)C)c2)ccc1C(=O)NS(=O)(=O)c1cccc(N)n1.[HH].[HH]. The predicted molar refractivity (Wildman–Crippen MR) is 162 cm³/mol. The van der Waals surface area contributed by atoms with Crippen molar-refractivity contribution < 1.29 is 25.2 Å². The van der Waals surface area contributed by atoms with Gasteiger partial charge in [-0.15, -0.1) is 0 Å².